The van der Waals surface area contributed by atoms with E-state index in [1.807, 2.05) is 6.07 Å². The highest BCUT2D eigenvalue weighted by Crippen LogP contribution is 2.16. The minimum atomic E-state index is 0.884. The highest BCUT2D eigenvalue weighted by molar-refractivity contribution is 9.10. The van der Waals surface area contributed by atoms with Gasteiger partial charge in [-0.05, 0) is 42.2 Å². The van der Waals surface area contributed by atoms with Crippen molar-refractivity contribution >= 4 is 15.9 Å². The molecule has 0 aliphatic heterocycles. The molecular formula is C16H18BrN. The molecule has 0 aliphatic carbocycles. The van der Waals surface area contributed by atoms with Crippen molar-refractivity contribution in [2.75, 3.05) is 0 Å². The quantitative estimate of drug-likeness (QED) is 0.885. The number of benzene rings is 2. The lowest BCUT2D eigenvalue weighted by Crippen LogP contribution is -2.14. The van der Waals surface area contributed by atoms with Gasteiger partial charge < -0.3 is 5.32 Å². The van der Waals surface area contributed by atoms with E-state index in [1.54, 1.807) is 0 Å². The molecule has 0 atom stereocenters. The minimum Gasteiger partial charge on any atom is -0.309 e. The van der Waals surface area contributed by atoms with Crippen LogP contribution in [-0.2, 0) is 13.1 Å². The Bertz CT molecular complexity index is 534. The molecule has 2 heteroatoms. The molecule has 94 valence electrons. The van der Waals surface area contributed by atoms with Crippen LogP contribution in [0.4, 0.5) is 0 Å². The topological polar surface area (TPSA) is 12.0 Å². The number of halogens is 1. The molecule has 0 saturated heterocycles. The summed E-state index contributed by atoms with van der Waals surface area (Å²) in [7, 11) is 0. The molecule has 2 rings (SSSR count). The van der Waals surface area contributed by atoms with E-state index < -0.39 is 0 Å². The van der Waals surface area contributed by atoms with Crippen LogP contribution in [0.5, 0.6) is 0 Å². The molecule has 0 saturated carbocycles. The molecule has 1 nitrogen and oxygen atoms in total. The Balaban J connectivity index is 1.97. The van der Waals surface area contributed by atoms with Crippen molar-refractivity contribution in [3.63, 3.8) is 0 Å². The van der Waals surface area contributed by atoms with Crippen LogP contribution in [0.15, 0.2) is 46.9 Å². The van der Waals surface area contributed by atoms with Gasteiger partial charge in [0.1, 0.15) is 0 Å². The van der Waals surface area contributed by atoms with E-state index in [0.29, 0.717) is 0 Å². The molecule has 0 unspecified atom stereocenters. The third-order valence-corrected chi connectivity index (χ3v) is 4.08. The van der Waals surface area contributed by atoms with Crippen LogP contribution >= 0.6 is 15.9 Å². The van der Waals surface area contributed by atoms with Crippen LogP contribution in [0.1, 0.15) is 22.3 Å². The van der Waals surface area contributed by atoms with Gasteiger partial charge in [-0.15, -0.1) is 0 Å². The number of aryl methyl sites for hydroxylation is 1. The second kappa shape index (κ2) is 6.17. The van der Waals surface area contributed by atoms with Crippen LogP contribution in [-0.4, -0.2) is 0 Å². The van der Waals surface area contributed by atoms with Crippen molar-refractivity contribution in [2.24, 2.45) is 0 Å². The zero-order valence-electron chi connectivity index (χ0n) is 10.8. The second-order valence-corrected chi connectivity index (χ2v) is 5.41. The molecule has 1 N–H and O–H groups in total. The van der Waals surface area contributed by atoms with E-state index in [0.717, 1.165) is 13.1 Å². The zero-order valence-corrected chi connectivity index (χ0v) is 12.4. The Morgan fingerprint density at radius 3 is 2.33 bits per heavy atom. The van der Waals surface area contributed by atoms with Crippen molar-refractivity contribution in [3.05, 3.63) is 69.2 Å². The van der Waals surface area contributed by atoms with Crippen LogP contribution in [0.25, 0.3) is 0 Å². The van der Waals surface area contributed by atoms with E-state index >= 15 is 0 Å². The summed E-state index contributed by atoms with van der Waals surface area (Å²) in [5.41, 5.74) is 5.41. The summed E-state index contributed by atoms with van der Waals surface area (Å²) in [6.45, 7) is 6.14. The van der Waals surface area contributed by atoms with Crippen LogP contribution in [0.2, 0.25) is 0 Å². The lowest BCUT2D eigenvalue weighted by atomic mass is 10.0. The molecule has 0 spiro atoms. The van der Waals surface area contributed by atoms with Crippen molar-refractivity contribution in [3.8, 4) is 0 Å². The summed E-state index contributed by atoms with van der Waals surface area (Å²) in [4.78, 5) is 0. The smallest absolute Gasteiger partial charge is 0.0220 e. The second-order valence-electron chi connectivity index (χ2n) is 4.55. The summed E-state index contributed by atoms with van der Waals surface area (Å²) in [5.74, 6) is 0. The first-order valence-electron chi connectivity index (χ1n) is 6.17. The van der Waals surface area contributed by atoms with Gasteiger partial charge in [0.15, 0.2) is 0 Å². The normalized spacial score (nSPS) is 10.6. The van der Waals surface area contributed by atoms with E-state index in [1.165, 1.54) is 26.7 Å². The third-order valence-electron chi connectivity index (χ3n) is 3.31. The Kier molecular flexibility index (Phi) is 4.56. The average Bonchev–Trinajstić information content (AvgIpc) is 2.37. The molecule has 0 heterocycles. The van der Waals surface area contributed by atoms with Crippen molar-refractivity contribution in [1.29, 1.82) is 0 Å². The van der Waals surface area contributed by atoms with Crippen molar-refractivity contribution in [1.82, 2.24) is 5.32 Å². The van der Waals surface area contributed by atoms with Crippen LogP contribution in [0.3, 0.4) is 0 Å². The molecule has 2 aromatic carbocycles. The van der Waals surface area contributed by atoms with Gasteiger partial charge in [-0.2, -0.15) is 0 Å². The Morgan fingerprint density at radius 1 is 0.889 bits per heavy atom. The van der Waals surface area contributed by atoms with Gasteiger partial charge in [-0.25, -0.2) is 0 Å². The summed E-state index contributed by atoms with van der Waals surface area (Å²) in [6, 6.07) is 14.8. The third kappa shape index (κ3) is 3.21. The van der Waals surface area contributed by atoms with Gasteiger partial charge >= 0.3 is 0 Å². The Labute approximate surface area is 117 Å². The van der Waals surface area contributed by atoms with Crippen molar-refractivity contribution < 1.29 is 0 Å². The molecule has 0 bridgehead atoms. The maximum absolute atomic E-state index is 3.57. The monoisotopic (exact) mass is 303 g/mol. The molecule has 0 aromatic heterocycles. The fraction of sp³-hybridized carbons (Fsp3) is 0.250. The number of hydrogen-bond donors (Lipinski definition) is 1. The fourth-order valence-corrected chi connectivity index (χ4v) is 2.40. The first-order chi connectivity index (χ1) is 8.68. The predicted octanol–water partition coefficient (Wildman–Crippen LogP) is 4.36. The average molecular weight is 304 g/mol. The van der Waals surface area contributed by atoms with Gasteiger partial charge in [0.05, 0.1) is 0 Å². The number of hydrogen-bond acceptors (Lipinski definition) is 1. The number of nitrogens with one attached hydrogen (secondary N) is 1. The Hall–Kier alpha value is -1.12. The molecule has 0 aliphatic rings. The van der Waals surface area contributed by atoms with E-state index in [9.17, 15) is 0 Å². The highest BCUT2D eigenvalue weighted by Gasteiger charge is 2.01. The summed E-state index contributed by atoms with van der Waals surface area (Å²) >= 11 is 3.57. The van der Waals surface area contributed by atoms with Gasteiger partial charge in [0.25, 0.3) is 0 Å². The molecule has 2 aromatic rings. The van der Waals surface area contributed by atoms with E-state index in [-0.39, 0.29) is 0 Å². The summed E-state index contributed by atoms with van der Waals surface area (Å²) < 4.78 is 1.17. The highest BCUT2D eigenvalue weighted by atomic mass is 79.9. The summed E-state index contributed by atoms with van der Waals surface area (Å²) in [5, 5.41) is 3.50. The lowest BCUT2D eigenvalue weighted by Gasteiger charge is -2.10. The molecule has 0 fully saturated rings. The molecular weight excluding hydrogens is 286 g/mol. The summed E-state index contributed by atoms with van der Waals surface area (Å²) in [6.07, 6.45) is 0. The zero-order chi connectivity index (χ0) is 13.0. The van der Waals surface area contributed by atoms with Crippen LogP contribution in [0, 0.1) is 13.8 Å². The first-order valence-corrected chi connectivity index (χ1v) is 6.97. The van der Waals surface area contributed by atoms with E-state index in [4.69, 9.17) is 0 Å². The van der Waals surface area contributed by atoms with E-state index in [2.05, 4.69) is 71.5 Å². The maximum Gasteiger partial charge on any atom is 0.0220 e. The first kappa shape index (κ1) is 13.3. The molecule has 0 radical (unpaired) electrons. The van der Waals surface area contributed by atoms with Crippen LogP contribution < -0.4 is 5.32 Å². The maximum atomic E-state index is 3.57. The van der Waals surface area contributed by atoms with Gasteiger partial charge in [-0.3, -0.25) is 0 Å². The van der Waals surface area contributed by atoms with Crippen molar-refractivity contribution in [2.45, 2.75) is 26.9 Å². The fourth-order valence-electron chi connectivity index (χ4n) is 1.98. The largest absolute Gasteiger partial charge is 0.309 e. The van der Waals surface area contributed by atoms with Gasteiger partial charge in [-0.1, -0.05) is 52.3 Å². The van der Waals surface area contributed by atoms with Gasteiger partial charge in [0.2, 0.25) is 0 Å². The lowest BCUT2D eigenvalue weighted by molar-refractivity contribution is 0.688. The standard InChI is InChI=1S/C16H18BrN/c1-12-6-5-8-14(13(12)2)10-18-11-15-7-3-4-9-16(15)17/h3-9,18H,10-11H2,1-2H3. The van der Waals surface area contributed by atoms with Gasteiger partial charge in [0, 0.05) is 17.6 Å². The molecule has 0 amide bonds. The predicted molar refractivity (Wildman–Crippen MR) is 80.6 cm³/mol. The minimum absolute atomic E-state index is 0.884. The molecule has 18 heavy (non-hydrogen) atoms. The Morgan fingerprint density at radius 2 is 1.56 bits per heavy atom. The SMILES string of the molecule is Cc1cccc(CNCc2ccccc2Br)c1C. The number of rotatable bonds is 4.